The number of nitrogens with one attached hydrogen (secondary N) is 1. The molecule has 0 aliphatic carbocycles. The number of Topliss-reactive ketones (excluding diaryl/α,β-unsaturated/α-hetero) is 1. The Morgan fingerprint density at radius 1 is 1.07 bits per heavy atom. The largest absolute Gasteiger partial charge is 0.465 e. The van der Waals surface area contributed by atoms with Crippen molar-refractivity contribution in [2.24, 2.45) is 7.05 Å². The van der Waals surface area contributed by atoms with Crippen molar-refractivity contribution in [2.45, 2.75) is 25.2 Å². The number of rotatable bonds is 9. The number of nitrogens with zero attached hydrogens (tertiary/aromatic N) is 3. The summed E-state index contributed by atoms with van der Waals surface area (Å²) in [6, 6.07) is 15.0. The van der Waals surface area contributed by atoms with Crippen molar-refractivity contribution in [2.75, 3.05) is 25.5 Å². The van der Waals surface area contributed by atoms with Crippen LogP contribution in [0.5, 0.6) is 5.88 Å². The van der Waals surface area contributed by atoms with Crippen molar-refractivity contribution >= 4 is 45.9 Å². The number of alkyl halides is 1. The van der Waals surface area contributed by atoms with Crippen LogP contribution in [0.3, 0.4) is 0 Å². The van der Waals surface area contributed by atoms with E-state index in [4.69, 9.17) is 16.3 Å². The number of carbonyl (C=O) groups excluding carboxylic acids is 3. The molecule has 4 aromatic rings. The molecule has 1 aliphatic heterocycles. The Hall–Kier alpha value is -4.28. The zero-order valence-electron chi connectivity index (χ0n) is 22.5. The Labute approximate surface area is 240 Å². The number of ketones is 1. The van der Waals surface area contributed by atoms with Crippen LogP contribution in [-0.2, 0) is 23.0 Å². The summed E-state index contributed by atoms with van der Waals surface area (Å²) in [6.45, 7) is 0.616. The van der Waals surface area contributed by atoms with Crippen LogP contribution in [0, 0.1) is 0 Å². The number of amides is 1. The lowest BCUT2D eigenvalue weighted by molar-refractivity contribution is -0.192. The van der Waals surface area contributed by atoms with Crippen LogP contribution in [0.2, 0.25) is 5.02 Å². The van der Waals surface area contributed by atoms with Gasteiger partial charge in [0, 0.05) is 55.9 Å². The molecule has 1 N–H and O–H groups in total. The van der Waals surface area contributed by atoms with Crippen molar-refractivity contribution < 1.29 is 28.2 Å². The summed E-state index contributed by atoms with van der Waals surface area (Å²) >= 11 is 6.48. The van der Waals surface area contributed by atoms with E-state index in [1.54, 1.807) is 24.4 Å². The molecule has 2 aromatic heterocycles. The van der Waals surface area contributed by atoms with Gasteiger partial charge in [0.25, 0.3) is 5.91 Å². The van der Waals surface area contributed by atoms with Crippen LogP contribution in [0.25, 0.3) is 10.9 Å². The molecule has 9 nitrogen and oxygen atoms in total. The average Bonchev–Trinajstić information content (AvgIpc) is 3.64. The molecule has 41 heavy (non-hydrogen) atoms. The van der Waals surface area contributed by atoms with Crippen molar-refractivity contribution in [1.29, 1.82) is 0 Å². The van der Waals surface area contributed by atoms with E-state index in [9.17, 15) is 14.4 Å². The number of anilines is 1. The number of para-hydroxylation sites is 2. The molecule has 0 radical (unpaired) electrons. The van der Waals surface area contributed by atoms with Gasteiger partial charge in [-0.15, -0.1) is 0 Å². The normalized spacial score (nSPS) is 14.9. The van der Waals surface area contributed by atoms with Crippen LogP contribution < -0.4 is 10.1 Å². The smallest absolute Gasteiger partial charge is 0.372 e. The molecule has 1 saturated heterocycles. The number of ether oxygens (including phenoxy) is 2. The first-order valence-corrected chi connectivity index (χ1v) is 13.4. The van der Waals surface area contributed by atoms with Gasteiger partial charge < -0.3 is 19.4 Å². The molecule has 3 heterocycles. The molecule has 1 unspecified atom stereocenters. The van der Waals surface area contributed by atoms with Crippen LogP contribution in [0.1, 0.15) is 39.1 Å². The summed E-state index contributed by atoms with van der Waals surface area (Å²) in [5.41, 5.74) is 2.01. The maximum absolute atomic E-state index is 16.6. The third-order valence-corrected chi connectivity index (χ3v) is 7.40. The lowest BCUT2D eigenvalue weighted by atomic mass is 10.0. The summed E-state index contributed by atoms with van der Waals surface area (Å²) in [5, 5.41) is 3.79. The highest BCUT2D eigenvalue weighted by Crippen LogP contribution is 2.33. The fourth-order valence-electron chi connectivity index (χ4n) is 4.96. The fourth-order valence-corrected chi connectivity index (χ4v) is 5.20. The van der Waals surface area contributed by atoms with Crippen LogP contribution >= 0.6 is 11.6 Å². The Morgan fingerprint density at radius 3 is 2.54 bits per heavy atom. The number of esters is 1. The molecule has 11 heteroatoms. The van der Waals surface area contributed by atoms with Crippen LogP contribution in [0.15, 0.2) is 67.0 Å². The number of hydrogen-bond donors (Lipinski definition) is 1. The predicted molar refractivity (Wildman–Crippen MR) is 152 cm³/mol. The van der Waals surface area contributed by atoms with Gasteiger partial charge in [0.2, 0.25) is 11.7 Å². The lowest BCUT2D eigenvalue weighted by Gasteiger charge is -2.32. The van der Waals surface area contributed by atoms with Crippen molar-refractivity contribution in [1.82, 2.24) is 14.5 Å². The van der Waals surface area contributed by atoms with Crippen LogP contribution in [0.4, 0.5) is 10.1 Å². The maximum Gasteiger partial charge on any atom is 0.372 e. The van der Waals surface area contributed by atoms with Crippen molar-refractivity contribution in [3.05, 3.63) is 88.7 Å². The number of methoxy groups -OCH3 is 1. The van der Waals surface area contributed by atoms with Gasteiger partial charge in [-0.05, 0) is 36.6 Å². The fraction of sp³-hybridized carbons (Fsp3) is 0.267. The molecule has 1 fully saturated rings. The van der Waals surface area contributed by atoms with Crippen LogP contribution in [-0.4, -0.2) is 58.3 Å². The van der Waals surface area contributed by atoms with E-state index in [0.29, 0.717) is 37.1 Å². The highest BCUT2D eigenvalue weighted by Gasteiger charge is 2.48. The number of hydrogen-bond acceptors (Lipinski definition) is 7. The summed E-state index contributed by atoms with van der Waals surface area (Å²) in [4.78, 5) is 44.1. The van der Waals surface area contributed by atoms with Gasteiger partial charge >= 0.3 is 11.9 Å². The molecular weight excluding hydrogens is 551 g/mol. The molecule has 1 aliphatic rings. The zero-order chi connectivity index (χ0) is 29.1. The zero-order valence-corrected chi connectivity index (χ0v) is 23.3. The highest BCUT2D eigenvalue weighted by atomic mass is 35.5. The number of likely N-dealkylation sites (tertiary alicyclic amines) is 1. The van der Waals surface area contributed by atoms with E-state index < -0.39 is 30.1 Å². The standard InChI is InChI=1S/C30H28ClFN4O5/c1-35-18-22(21-9-3-4-11-24(21)35)28(38)34-27-19(8-7-10-23(27)31)16-25(37)30(32,36-14-5-6-15-36)41-26-13-12-20(17-33-26)29(39)40-2/h3-4,7-13,17-18H,5-6,14-16H2,1-2H3,(H,34,38). The van der Waals surface area contributed by atoms with Crippen molar-refractivity contribution in [3.63, 3.8) is 0 Å². The SMILES string of the molecule is COC(=O)c1ccc(OC(F)(C(=O)Cc2cccc(Cl)c2NC(=O)c2cn(C)c3ccccc23)N2CCCC2)nc1. The second-order valence-corrected chi connectivity index (χ2v) is 10.1. The molecule has 0 spiro atoms. The molecule has 1 amide bonds. The number of pyridine rings is 1. The van der Waals surface area contributed by atoms with E-state index in [0.717, 1.165) is 10.9 Å². The first kappa shape index (κ1) is 28.3. The van der Waals surface area contributed by atoms with Gasteiger partial charge in [0.05, 0.1) is 28.9 Å². The third-order valence-electron chi connectivity index (χ3n) is 7.09. The minimum absolute atomic E-state index is 0.155. The molecular formula is C30H28ClFN4O5. The molecule has 5 rings (SSSR count). The Morgan fingerprint density at radius 2 is 1.83 bits per heavy atom. The summed E-state index contributed by atoms with van der Waals surface area (Å²) < 4.78 is 28.7. The predicted octanol–water partition coefficient (Wildman–Crippen LogP) is 5.18. The highest BCUT2D eigenvalue weighted by molar-refractivity contribution is 6.34. The quantitative estimate of drug-likeness (QED) is 0.216. The van der Waals surface area contributed by atoms with E-state index in [1.165, 1.54) is 30.3 Å². The Balaban J connectivity index is 1.42. The minimum atomic E-state index is -2.84. The van der Waals surface area contributed by atoms with Crippen molar-refractivity contribution in [3.8, 4) is 5.88 Å². The number of carbonyl (C=O) groups is 3. The molecule has 0 bridgehead atoms. The van der Waals surface area contributed by atoms with Gasteiger partial charge in [-0.1, -0.05) is 41.9 Å². The second kappa shape index (κ2) is 11.7. The first-order valence-electron chi connectivity index (χ1n) is 13.0. The number of aromatic nitrogens is 2. The number of benzene rings is 2. The van der Waals surface area contributed by atoms with E-state index in [1.807, 2.05) is 35.9 Å². The molecule has 212 valence electrons. The van der Waals surface area contributed by atoms with Gasteiger partial charge in [-0.2, -0.15) is 4.39 Å². The number of aryl methyl sites for hydroxylation is 1. The number of halogens is 2. The molecule has 0 saturated carbocycles. The lowest BCUT2D eigenvalue weighted by Crippen LogP contribution is -2.55. The minimum Gasteiger partial charge on any atom is -0.465 e. The monoisotopic (exact) mass is 578 g/mol. The third kappa shape index (κ3) is 5.66. The van der Waals surface area contributed by atoms with E-state index in [2.05, 4.69) is 15.0 Å². The number of fused-ring (bicyclic) bond motifs is 1. The van der Waals surface area contributed by atoms with Gasteiger partial charge in [0.15, 0.2) is 0 Å². The maximum atomic E-state index is 16.6. The van der Waals surface area contributed by atoms with E-state index in [-0.39, 0.29) is 22.2 Å². The summed E-state index contributed by atoms with van der Waals surface area (Å²) in [7, 11) is 3.08. The second-order valence-electron chi connectivity index (χ2n) is 9.73. The van der Waals surface area contributed by atoms with Gasteiger partial charge in [0.1, 0.15) is 0 Å². The average molecular weight is 579 g/mol. The van der Waals surface area contributed by atoms with Gasteiger partial charge in [-0.3, -0.25) is 9.59 Å². The Kier molecular flexibility index (Phi) is 8.05. The Bertz CT molecular complexity index is 1620. The summed E-state index contributed by atoms with van der Waals surface area (Å²) in [6.07, 6.45) is 3.88. The summed E-state index contributed by atoms with van der Waals surface area (Å²) in [5.74, 6) is -4.92. The first-order chi connectivity index (χ1) is 19.7. The van der Waals surface area contributed by atoms with Gasteiger partial charge in [-0.25, -0.2) is 14.7 Å². The molecule has 1 atom stereocenters. The van der Waals surface area contributed by atoms with E-state index >= 15 is 4.39 Å². The molecule has 2 aromatic carbocycles. The topological polar surface area (TPSA) is 103 Å².